The normalized spacial score (nSPS) is 27.2. The number of hydrogen-bond donors (Lipinski definition) is 2. The summed E-state index contributed by atoms with van der Waals surface area (Å²) in [6, 6.07) is 2.46. The molecule has 2 aromatic heterocycles. The largest absolute Gasteiger partial charge is 0.337 e. The molecule has 130 valence electrons. The molecule has 0 radical (unpaired) electrons. The topological polar surface area (TPSA) is 78.9 Å². The van der Waals surface area contributed by atoms with E-state index in [-0.39, 0.29) is 0 Å². The summed E-state index contributed by atoms with van der Waals surface area (Å²) in [5.74, 6) is 2.93. The molecule has 0 atom stereocenters. The van der Waals surface area contributed by atoms with Crippen molar-refractivity contribution in [3.63, 3.8) is 0 Å². The second kappa shape index (κ2) is 5.62. The van der Waals surface area contributed by atoms with Gasteiger partial charge in [-0.25, -0.2) is 9.97 Å². The zero-order valence-corrected chi connectivity index (χ0v) is 14.4. The van der Waals surface area contributed by atoms with Gasteiger partial charge in [0.2, 0.25) is 5.95 Å². The Morgan fingerprint density at radius 1 is 1.16 bits per heavy atom. The molecule has 0 aromatic carbocycles. The fourth-order valence-electron chi connectivity index (χ4n) is 4.27. The molecule has 2 aliphatic heterocycles. The van der Waals surface area contributed by atoms with Gasteiger partial charge in [-0.1, -0.05) is 0 Å². The first-order valence-electron chi connectivity index (χ1n) is 9.08. The van der Waals surface area contributed by atoms with Gasteiger partial charge in [0, 0.05) is 36.7 Å². The van der Waals surface area contributed by atoms with E-state index in [1.165, 1.54) is 25.7 Å². The number of rotatable bonds is 6. The molecule has 2 N–H and O–H groups in total. The lowest BCUT2D eigenvalue weighted by atomic mass is 9.70. The summed E-state index contributed by atoms with van der Waals surface area (Å²) in [5.41, 5.74) is 1.51. The van der Waals surface area contributed by atoms with E-state index >= 15 is 0 Å². The highest BCUT2D eigenvalue weighted by atomic mass is 15.3. The molecule has 6 rings (SSSR count). The first kappa shape index (κ1) is 15.0. The van der Waals surface area contributed by atoms with Crippen molar-refractivity contribution >= 4 is 17.6 Å². The lowest BCUT2D eigenvalue weighted by molar-refractivity contribution is 0.196. The van der Waals surface area contributed by atoms with E-state index in [2.05, 4.69) is 30.5 Å². The van der Waals surface area contributed by atoms with Crippen molar-refractivity contribution in [3.8, 4) is 0 Å². The fourth-order valence-corrected chi connectivity index (χ4v) is 4.27. The fraction of sp³-hybridized carbons (Fsp3) is 0.556. The molecule has 7 heteroatoms. The highest BCUT2D eigenvalue weighted by Gasteiger charge is 2.55. The van der Waals surface area contributed by atoms with Gasteiger partial charge in [-0.3, -0.25) is 4.98 Å². The quantitative estimate of drug-likeness (QED) is 0.835. The molecule has 2 saturated heterocycles. The van der Waals surface area contributed by atoms with Crippen LogP contribution in [0.2, 0.25) is 0 Å². The number of nitrogens with zero attached hydrogens (tertiary/aromatic N) is 5. The Bertz CT molecular complexity index is 765. The molecule has 25 heavy (non-hydrogen) atoms. The first-order valence-corrected chi connectivity index (χ1v) is 9.08. The van der Waals surface area contributed by atoms with Gasteiger partial charge in [0.25, 0.3) is 0 Å². The van der Waals surface area contributed by atoms with Gasteiger partial charge < -0.3 is 15.5 Å². The van der Waals surface area contributed by atoms with E-state index in [9.17, 15) is 0 Å². The lowest BCUT2D eigenvalue weighted by Gasteiger charge is -2.36. The average molecular weight is 337 g/mol. The summed E-state index contributed by atoms with van der Waals surface area (Å²) >= 11 is 0. The van der Waals surface area contributed by atoms with Crippen molar-refractivity contribution in [2.75, 3.05) is 30.4 Å². The highest BCUT2D eigenvalue weighted by molar-refractivity contribution is 5.53. The number of aromatic nitrogens is 4. The molecule has 4 fully saturated rings. The van der Waals surface area contributed by atoms with E-state index in [1.807, 2.05) is 25.5 Å². The molecule has 0 amide bonds. The second-order valence-corrected chi connectivity index (χ2v) is 7.69. The van der Waals surface area contributed by atoms with E-state index in [0.717, 1.165) is 36.4 Å². The minimum atomic E-state index is 0.413. The van der Waals surface area contributed by atoms with Crippen LogP contribution in [0.5, 0.6) is 0 Å². The summed E-state index contributed by atoms with van der Waals surface area (Å²) < 4.78 is 0. The van der Waals surface area contributed by atoms with Crippen LogP contribution >= 0.6 is 0 Å². The van der Waals surface area contributed by atoms with Crippen LogP contribution in [0.3, 0.4) is 0 Å². The Morgan fingerprint density at radius 3 is 2.76 bits per heavy atom. The van der Waals surface area contributed by atoms with E-state index in [0.29, 0.717) is 17.4 Å². The lowest BCUT2D eigenvalue weighted by Crippen LogP contribution is -2.41. The zero-order chi connectivity index (χ0) is 16.9. The second-order valence-electron chi connectivity index (χ2n) is 7.69. The third kappa shape index (κ3) is 2.72. The maximum atomic E-state index is 4.70. The van der Waals surface area contributed by atoms with Gasteiger partial charge in [0.15, 0.2) is 0 Å². The van der Waals surface area contributed by atoms with Gasteiger partial charge in [-0.2, -0.15) is 4.98 Å². The molecule has 2 bridgehead atoms. The van der Waals surface area contributed by atoms with Crippen LogP contribution in [-0.2, 0) is 0 Å². The van der Waals surface area contributed by atoms with Crippen LogP contribution in [0.15, 0.2) is 24.7 Å². The van der Waals surface area contributed by atoms with Crippen LogP contribution in [0.1, 0.15) is 37.3 Å². The molecular formula is C18H23N7. The third-order valence-corrected chi connectivity index (χ3v) is 5.66. The standard InChI is InChI=1S/C18H23N7/c1-19-10-18-6-13(7-18)25(11-18)17-20-5-4-15(24-17)23-16-9-21-14(8-22-16)12-2-3-12/h4-5,8-9,12-13,19H,2-3,6-7,10-11H2,1H3,(H,20,22,23,24). The average Bonchev–Trinajstić information content (AvgIpc) is 3.30. The summed E-state index contributed by atoms with van der Waals surface area (Å²) in [6.45, 7) is 2.11. The maximum absolute atomic E-state index is 4.70. The van der Waals surface area contributed by atoms with Gasteiger partial charge in [-0.05, 0) is 38.8 Å². The van der Waals surface area contributed by atoms with Crippen molar-refractivity contribution in [2.24, 2.45) is 5.41 Å². The predicted molar refractivity (Wildman–Crippen MR) is 96.0 cm³/mol. The van der Waals surface area contributed by atoms with Crippen molar-refractivity contribution < 1.29 is 0 Å². The minimum absolute atomic E-state index is 0.413. The monoisotopic (exact) mass is 337 g/mol. The molecule has 7 nitrogen and oxygen atoms in total. The molecule has 2 saturated carbocycles. The van der Waals surface area contributed by atoms with Gasteiger partial charge in [0.1, 0.15) is 11.6 Å². The Morgan fingerprint density at radius 2 is 2.04 bits per heavy atom. The molecule has 0 spiro atoms. The minimum Gasteiger partial charge on any atom is -0.337 e. The van der Waals surface area contributed by atoms with Crippen LogP contribution < -0.4 is 15.5 Å². The van der Waals surface area contributed by atoms with Gasteiger partial charge in [-0.15, -0.1) is 0 Å². The number of hydrogen-bond acceptors (Lipinski definition) is 7. The van der Waals surface area contributed by atoms with Crippen molar-refractivity contribution in [1.82, 2.24) is 25.3 Å². The molecule has 0 unspecified atom stereocenters. The molecule has 4 aliphatic rings. The number of anilines is 3. The number of fused-ring (bicyclic) bond motifs is 1. The van der Waals surface area contributed by atoms with Gasteiger partial charge in [0.05, 0.1) is 18.1 Å². The first-order chi connectivity index (χ1) is 12.2. The Balaban J connectivity index is 1.30. The van der Waals surface area contributed by atoms with Crippen LogP contribution in [0, 0.1) is 5.41 Å². The Hall–Kier alpha value is -2.28. The number of nitrogens with one attached hydrogen (secondary N) is 2. The van der Waals surface area contributed by atoms with E-state index in [1.54, 1.807) is 6.20 Å². The van der Waals surface area contributed by atoms with Crippen LogP contribution in [-0.4, -0.2) is 46.1 Å². The Kier molecular flexibility index (Phi) is 3.38. The van der Waals surface area contributed by atoms with Crippen molar-refractivity contribution in [3.05, 3.63) is 30.4 Å². The summed E-state index contributed by atoms with van der Waals surface area (Å²) in [6.07, 6.45) is 10.4. The van der Waals surface area contributed by atoms with Crippen LogP contribution in [0.4, 0.5) is 17.6 Å². The molecular weight excluding hydrogens is 314 g/mol. The third-order valence-electron chi connectivity index (χ3n) is 5.66. The molecule has 2 aromatic rings. The summed E-state index contributed by atoms with van der Waals surface area (Å²) in [7, 11) is 2.03. The smallest absolute Gasteiger partial charge is 0.227 e. The van der Waals surface area contributed by atoms with Crippen molar-refractivity contribution in [1.29, 1.82) is 0 Å². The maximum Gasteiger partial charge on any atom is 0.227 e. The molecule has 4 heterocycles. The predicted octanol–water partition coefficient (Wildman–Crippen LogP) is 2.08. The Labute approximate surface area is 147 Å². The SMILES string of the molecule is CNCC12CC(C1)N(c1nccc(Nc3cnc(C4CC4)cn3)n1)C2. The van der Waals surface area contributed by atoms with Gasteiger partial charge >= 0.3 is 0 Å². The summed E-state index contributed by atoms with van der Waals surface area (Å²) in [5, 5.41) is 6.58. The van der Waals surface area contributed by atoms with Crippen LogP contribution in [0.25, 0.3) is 0 Å². The summed E-state index contributed by atoms with van der Waals surface area (Å²) in [4.78, 5) is 20.5. The molecule has 2 aliphatic carbocycles. The van der Waals surface area contributed by atoms with Crippen molar-refractivity contribution in [2.45, 2.75) is 37.6 Å². The van der Waals surface area contributed by atoms with E-state index in [4.69, 9.17) is 4.98 Å². The van der Waals surface area contributed by atoms with E-state index < -0.39 is 0 Å². The zero-order valence-electron chi connectivity index (χ0n) is 14.4. The highest BCUT2D eigenvalue weighted by Crippen LogP contribution is 2.52.